The number of esters is 1. The minimum absolute atomic E-state index is 0.0692. The van der Waals surface area contributed by atoms with E-state index in [-0.39, 0.29) is 11.3 Å². The van der Waals surface area contributed by atoms with Crippen LogP contribution in [0.5, 0.6) is 17.2 Å². The van der Waals surface area contributed by atoms with Crippen LogP contribution in [-0.2, 0) is 16.0 Å². The third-order valence-electron chi connectivity index (χ3n) is 8.40. The third kappa shape index (κ3) is 6.89. The van der Waals surface area contributed by atoms with E-state index in [4.69, 9.17) is 23.9 Å². The first kappa shape index (κ1) is 33.0. The van der Waals surface area contributed by atoms with E-state index in [1.165, 1.54) is 0 Å². The Kier molecular flexibility index (Phi) is 9.72. The Labute approximate surface area is 278 Å². The van der Waals surface area contributed by atoms with Crippen LogP contribution in [0, 0.1) is 18.3 Å². The largest absolute Gasteiger partial charge is 0.493 e. The highest BCUT2D eigenvalue weighted by atomic mass is 79.9. The molecular weight excluding hydrogens is 648 g/mol. The van der Waals surface area contributed by atoms with E-state index in [9.17, 15) is 9.59 Å². The summed E-state index contributed by atoms with van der Waals surface area (Å²) in [5.41, 5.74) is 6.09. The van der Waals surface area contributed by atoms with Crippen molar-refractivity contribution in [3.63, 3.8) is 0 Å². The van der Waals surface area contributed by atoms with E-state index in [0.717, 1.165) is 38.9 Å². The van der Waals surface area contributed by atoms with Crippen LogP contribution in [0.4, 0.5) is 5.69 Å². The van der Waals surface area contributed by atoms with Gasteiger partial charge in [-0.25, -0.2) is 9.78 Å². The fourth-order valence-corrected chi connectivity index (χ4v) is 6.46. The number of rotatable bonds is 8. The first-order valence-electron chi connectivity index (χ1n) is 15.1. The fourth-order valence-electron chi connectivity index (χ4n) is 5.87. The van der Waals surface area contributed by atoms with Crippen molar-refractivity contribution in [1.29, 1.82) is 0 Å². The van der Waals surface area contributed by atoms with Crippen molar-refractivity contribution in [3.05, 3.63) is 87.0 Å². The maximum Gasteiger partial charge on any atom is 0.339 e. The molecule has 1 amide bonds. The summed E-state index contributed by atoms with van der Waals surface area (Å²) in [5.74, 6) is 0.810. The monoisotopic (exact) mass is 686 g/mol. The van der Waals surface area contributed by atoms with Crippen molar-refractivity contribution >= 4 is 56.0 Å². The number of ether oxygens (including phenoxy) is 4. The van der Waals surface area contributed by atoms with Crippen molar-refractivity contribution in [1.82, 2.24) is 4.98 Å². The van der Waals surface area contributed by atoms with Crippen LogP contribution in [0.15, 0.2) is 59.1 Å². The number of carbonyl (C=O) groups is 2. The van der Waals surface area contributed by atoms with Gasteiger partial charge in [0.1, 0.15) is 0 Å². The molecule has 9 heteroatoms. The highest BCUT2D eigenvalue weighted by Crippen LogP contribution is 2.46. The number of fused-ring (bicyclic) bond motifs is 2. The van der Waals surface area contributed by atoms with Crippen LogP contribution in [0.1, 0.15) is 59.9 Å². The lowest BCUT2D eigenvalue weighted by molar-refractivity contribution is -0.119. The van der Waals surface area contributed by atoms with Crippen molar-refractivity contribution in [3.8, 4) is 17.2 Å². The number of anilines is 1. The molecule has 1 atom stereocenters. The Balaban J connectivity index is 1.58. The molecule has 0 spiro atoms. The molecule has 240 valence electrons. The van der Waals surface area contributed by atoms with E-state index < -0.39 is 18.5 Å². The highest BCUT2D eigenvalue weighted by Gasteiger charge is 2.35. The van der Waals surface area contributed by atoms with Crippen LogP contribution >= 0.6 is 15.9 Å². The van der Waals surface area contributed by atoms with Gasteiger partial charge >= 0.3 is 5.97 Å². The maximum atomic E-state index is 14.0. The van der Waals surface area contributed by atoms with Gasteiger partial charge in [-0.05, 0) is 106 Å². The van der Waals surface area contributed by atoms with Crippen molar-refractivity contribution < 1.29 is 28.5 Å². The molecule has 0 bridgehead atoms. The lowest BCUT2D eigenvalue weighted by atomic mass is 9.69. The molecule has 46 heavy (non-hydrogen) atoms. The number of carbonyl (C=O) groups excluding carboxylic acids is 2. The second-order valence-corrected chi connectivity index (χ2v) is 13.4. The first-order valence-corrected chi connectivity index (χ1v) is 15.9. The molecule has 0 unspecified atom stereocenters. The average Bonchev–Trinajstić information content (AvgIpc) is 3.02. The molecule has 0 radical (unpaired) electrons. The molecule has 0 saturated carbocycles. The predicted molar refractivity (Wildman–Crippen MR) is 185 cm³/mol. The van der Waals surface area contributed by atoms with Gasteiger partial charge in [0.15, 0.2) is 18.1 Å². The van der Waals surface area contributed by atoms with Crippen molar-refractivity contribution in [2.75, 3.05) is 33.3 Å². The van der Waals surface area contributed by atoms with Gasteiger partial charge in [-0.15, -0.1) is 0 Å². The standard InChI is InChI=1S/C37H39BrN2O6/c1-21-12-13-29(27(38)14-21)39-32(41)20-46-36(42)33-25-10-8-9-11-28(25)40-34-23(18-24(19-26(33)34)37(2,3)4)15-22-16-30(43-5)35(45-7)31(17-22)44-6/h8-17,24H,18-20H2,1-7H3,(H,39,41)/b23-15-/t24-/m0/s1. The van der Waals surface area contributed by atoms with Gasteiger partial charge in [-0.2, -0.15) is 0 Å². The van der Waals surface area contributed by atoms with E-state index in [1.54, 1.807) is 27.4 Å². The van der Waals surface area contributed by atoms with Gasteiger partial charge in [0, 0.05) is 9.86 Å². The Morgan fingerprint density at radius 1 is 0.978 bits per heavy atom. The zero-order chi connectivity index (χ0) is 33.2. The number of methoxy groups -OCH3 is 3. The number of aryl methyl sites for hydroxylation is 1. The molecule has 0 fully saturated rings. The highest BCUT2D eigenvalue weighted by molar-refractivity contribution is 9.10. The number of nitrogens with zero attached hydrogens (tertiary/aromatic N) is 1. The minimum Gasteiger partial charge on any atom is -0.493 e. The van der Waals surface area contributed by atoms with Gasteiger partial charge in [0.05, 0.1) is 43.8 Å². The maximum absolute atomic E-state index is 14.0. The summed E-state index contributed by atoms with van der Waals surface area (Å²) in [6.07, 6.45) is 3.46. The summed E-state index contributed by atoms with van der Waals surface area (Å²) in [7, 11) is 4.75. The third-order valence-corrected chi connectivity index (χ3v) is 9.06. The van der Waals surface area contributed by atoms with Crippen LogP contribution in [0.2, 0.25) is 0 Å². The Hall–Kier alpha value is -4.37. The van der Waals surface area contributed by atoms with E-state index in [0.29, 0.717) is 45.8 Å². The normalized spacial score (nSPS) is 15.3. The number of pyridine rings is 1. The summed E-state index contributed by atoms with van der Waals surface area (Å²) in [5, 5.41) is 3.51. The van der Waals surface area contributed by atoms with Gasteiger partial charge in [0.25, 0.3) is 5.91 Å². The smallest absolute Gasteiger partial charge is 0.339 e. The second kappa shape index (κ2) is 13.5. The number of benzene rings is 3. The summed E-state index contributed by atoms with van der Waals surface area (Å²) >= 11 is 3.48. The van der Waals surface area contributed by atoms with Crippen LogP contribution in [0.25, 0.3) is 22.6 Å². The van der Waals surface area contributed by atoms with Gasteiger partial charge in [-0.3, -0.25) is 4.79 Å². The molecule has 1 aliphatic carbocycles. The quantitative estimate of drug-likeness (QED) is 0.186. The summed E-state index contributed by atoms with van der Waals surface area (Å²) < 4.78 is 23.2. The number of hydrogen-bond donors (Lipinski definition) is 1. The zero-order valence-electron chi connectivity index (χ0n) is 27.2. The molecule has 1 aliphatic rings. The van der Waals surface area contributed by atoms with Crippen molar-refractivity contribution in [2.24, 2.45) is 11.3 Å². The number of halogens is 1. The topological polar surface area (TPSA) is 96.0 Å². The molecule has 0 saturated heterocycles. The zero-order valence-corrected chi connectivity index (χ0v) is 28.8. The lowest BCUT2D eigenvalue weighted by Crippen LogP contribution is -2.29. The predicted octanol–water partition coefficient (Wildman–Crippen LogP) is 8.28. The molecule has 1 aromatic heterocycles. The summed E-state index contributed by atoms with van der Waals surface area (Å²) in [6.45, 7) is 8.16. The summed E-state index contributed by atoms with van der Waals surface area (Å²) in [6, 6.07) is 17.0. The van der Waals surface area contributed by atoms with Crippen LogP contribution in [-0.4, -0.2) is 44.8 Å². The van der Waals surface area contributed by atoms with Crippen LogP contribution in [0.3, 0.4) is 0 Å². The Morgan fingerprint density at radius 2 is 1.67 bits per heavy atom. The average molecular weight is 688 g/mol. The molecule has 3 aromatic carbocycles. The SMILES string of the molecule is COc1cc(/C=C2/C[C@H](C(C)(C)C)Cc3c2nc2ccccc2c3C(=O)OCC(=O)Nc2ccc(C)cc2Br)cc(OC)c1OC. The van der Waals surface area contributed by atoms with E-state index in [2.05, 4.69) is 48.1 Å². The minimum atomic E-state index is -0.560. The second-order valence-electron chi connectivity index (χ2n) is 12.5. The molecular formula is C37H39BrN2O6. The molecule has 8 nitrogen and oxygen atoms in total. The molecule has 0 aliphatic heterocycles. The number of nitrogens with one attached hydrogen (secondary N) is 1. The van der Waals surface area contributed by atoms with Gasteiger partial charge < -0.3 is 24.3 Å². The summed E-state index contributed by atoms with van der Waals surface area (Å²) in [4.78, 5) is 31.9. The van der Waals surface area contributed by atoms with E-state index in [1.807, 2.05) is 55.5 Å². The number of allylic oxidation sites excluding steroid dienone is 1. The number of amides is 1. The molecule has 5 rings (SSSR count). The molecule has 1 heterocycles. The van der Waals surface area contributed by atoms with Crippen LogP contribution < -0.4 is 19.5 Å². The Morgan fingerprint density at radius 3 is 2.30 bits per heavy atom. The fraction of sp³-hybridized carbons (Fsp3) is 0.324. The number of aromatic nitrogens is 1. The molecule has 1 N–H and O–H groups in total. The molecule has 4 aromatic rings. The van der Waals surface area contributed by atoms with E-state index >= 15 is 0 Å². The van der Waals surface area contributed by atoms with Gasteiger partial charge in [-0.1, -0.05) is 45.0 Å². The Bertz CT molecular complexity index is 1820. The number of para-hydroxylation sites is 1. The number of hydrogen-bond acceptors (Lipinski definition) is 7. The van der Waals surface area contributed by atoms with Crippen molar-refractivity contribution in [2.45, 2.75) is 40.5 Å². The van der Waals surface area contributed by atoms with Gasteiger partial charge in [0.2, 0.25) is 5.75 Å². The lowest BCUT2D eigenvalue weighted by Gasteiger charge is -2.36. The first-order chi connectivity index (χ1) is 21.9.